The second kappa shape index (κ2) is 6.12. The van der Waals surface area contributed by atoms with E-state index in [0.717, 1.165) is 5.69 Å². The fraction of sp³-hybridized carbons (Fsp3) is 0.235. The van der Waals surface area contributed by atoms with E-state index in [2.05, 4.69) is 49.5 Å². The Hall–Kier alpha value is -2.47. The summed E-state index contributed by atoms with van der Waals surface area (Å²) in [7, 11) is 0. The summed E-state index contributed by atoms with van der Waals surface area (Å²) in [6, 6.07) is 16.1. The summed E-state index contributed by atoms with van der Waals surface area (Å²) in [6.45, 7) is 5.06. The maximum atomic E-state index is 8.95. The fourth-order valence-electron chi connectivity index (χ4n) is 2.03. The summed E-state index contributed by atoms with van der Waals surface area (Å²) in [5.41, 5.74) is 10.3. The van der Waals surface area contributed by atoms with Crippen molar-refractivity contribution in [3.8, 4) is 6.07 Å². The largest absolute Gasteiger partial charge is 0.396 e. The third-order valence-electron chi connectivity index (χ3n) is 3.36. The molecule has 0 radical (unpaired) electrons. The van der Waals surface area contributed by atoms with Crippen LogP contribution in [0.3, 0.4) is 0 Å². The van der Waals surface area contributed by atoms with E-state index in [1.165, 1.54) is 11.1 Å². The van der Waals surface area contributed by atoms with E-state index in [4.69, 9.17) is 11.0 Å². The van der Waals surface area contributed by atoms with Gasteiger partial charge in [-0.25, -0.2) is 0 Å². The lowest BCUT2D eigenvalue weighted by atomic mass is 10.0. The van der Waals surface area contributed by atoms with Crippen molar-refractivity contribution in [1.82, 2.24) is 0 Å². The first-order valence-electron chi connectivity index (χ1n) is 6.73. The highest BCUT2D eigenvalue weighted by Crippen LogP contribution is 2.23. The SMILES string of the molecule is CC(C)c1ccc(CNc2cccc(C#N)c2N)cc1. The molecule has 0 aliphatic carbocycles. The Bertz CT molecular complexity index is 622. The third kappa shape index (κ3) is 3.10. The molecular weight excluding hydrogens is 246 g/mol. The Morgan fingerprint density at radius 3 is 2.45 bits per heavy atom. The van der Waals surface area contributed by atoms with Crippen LogP contribution >= 0.6 is 0 Å². The van der Waals surface area contributed by atoms with Gasteiger partial charge in [-0.3, -0.25) is 0 Å². The number of para-hydroxylation sites is 1. The summed E-state index contributed by atoms with van der Waals surface area (Å²) in [5, 5.41) is 12.2. The number of rotatable bonds is 4. The van der Waals surface area contributed by atoms with Crippen molar-refractivity contribution in [1.29, 1.82) is 5.26 Å². The number of benzene rings is 2. The van der Waals surface area contributed by atoms with Gasteiger partial charge in [0.05, 0.1) is 16.9 Å². The monoisotopic (exact) mass is 265 g/mol. The minimum Gasteiger partial charge on any atom is -0.396 e. The highest BCUT2D eigenvalue weighted by molar-refractivity contribution is 5.72. The molecular formula is C17H19N3. The first-order valence-corrected chi connectivity index (χ1v) is 6.73. The minimum atomic E-state index is 0.505. The summed E-state index contributed by atoms with van der Waals surface area (Å²) in [6.07, 6.45) is 0. The molecule has 0 atom stereocenters. The van der Waals surface area contributed by atoms with E-state index in [1.54, 1.807) is 6.07 Å². The minimum absolute atomic E-state index is 0.505. The molecule has 0 unspecified atom stereocenters. The second-order valence-electron chi connectivity index (χ2n) is 5.13. The molecule has 0 saturated heterocycles. The van der Waals surface area contributed by atoms with E-state index >= 15 is 0 Å². The molecule has 0 saturated carbocycles. The van der Waals surface area contributed by atoms with E-state index in [1.807, 2.05) is 12.1 Å². The van der Waals surface area contributed by atoms with Gasteiger partial charge < -0.3 is 11.1 Å². The van der Waals surface area contributed by atoms with E-state index in [9.17, 15) is 0 Å². The number of nitrogen functional groups attached to an aromatic ring is 1. The molecule has 0 heterocycles. The van der Waals surface area contributed by atoms with Crippen LogP contribution in [0.15, 0.2) is 42.5 Å². The lowest BCUT2D eigenvalue weighted by Gasteiger charge is -2.11. The quantitative estimate of drug-likeness (QED) is 0.825. The van der Waals surface area contributed by atoms with Gasteiger partial charge in [-0.1, -0.05) is 44.2 Å². The van der Waals surface area contributed by atoms with Crippen LogP contribution in [0.4, 0.5) is 11.4 Å². The average Bonchev–Trinajstić information content (AvgIpc) is 2.46. The van der Waals surface area contributed by atoms with Gasteiger partial charge in [-0.05, 0) is 29.2 Å². The van der Waals surface area contributed by atoms with Crippen LogP contribution in [0.2, 0.25) is 0 Å². The summed E-state index contributed by atoms with van der Waals surface area (Å²) < 4.78 is 0. The molecule has 0 aromatic heterocycles. The first kappa shape index (κ1) is 14.0. The molecule has 3 heteroatoms. The summed E-state index contributed by atoms with van der Waals surface area (Å²) in [5.74, 6) is 0.542. The van der Waals surface area contributed by atoms with Crippen molar-refractivity contribution in [2.45, 2.75) is 26.3 Å². The molecule has 20 heavy (non-hydrogen) atoms. The Morgan fingerprint density at radius 1 is 1.15 bits per heavy atom. The fourth-order valence-corrected chi connectivity index (χ4v) is 2.03. The van der Waals surface area contributed by atoms with Crippen LogP contribution in [0.5, 0.6) is 0 Å². The standard InChI is InChI=1S/C17H19N3/c1-12(2)14-8-6-13(7-9-14)11-20-16-5-3-4-15(10-18)17(16)19/h3-9,12,20H,11,19H2,1-2H3. The normalized spacial score (nSPS) is 10.3. The van der Waals surface area contributed by atoms with Gasteiger partial charge >= 0.3 is 0 Å². The van der Waals surface area contributed by atoms with Crippen molar-refractivity contribution in [3.63, 3.8) is 0 Å². The van der Waals surface area contributed by atoms with Crippen LogP contribution in [0, 0.1) is 11.3 Å². The Morgan fingerprint density at radius 2 is 1.85 bits per heavy atom. The van der Waals surface area contributed by atoms with Gasteiger partial charge in [-0.15, -0.1) is 0 Å². The molecule has 0 amide bonds. The number of nitrogens with one attached hydrogen (secondary N) is 1. The molecule has 2 rings (SSSR count). The molecule has 3 N–H and O–H groups in total. The topological polar surface area (TPSA) is 61.8 Å². The Balaban J connectivity index is 2.07. The maximum absolute atomic E-state index is 8.95. The molecule has 0 spiro atoms. The molecule has 0 aliphatic rings. The van der Waals surface area contributed by atoms with Crippen LogP contribution in [0.1, 0.15) is 36.5 Å². The van der Waals surface area contributed by atoms with Crippen molar-refractivity contribution >= 4 is 11.4 Å². The molecule has 0 bridgehead atoms. The number of anilines is 2. The zero-order valence-electron chi connectivity index (χ0n) is 11.9. The summed E-state index contributed by atoms with van der Waals surface area (Å²) in [4.78, 5) is 0. The van der Waals surface area contributed by atoms with Crippen molar-refractivity contribution in [2.75, 3.05) is 11.1 Å². The summed E-state index contributed by atoms with van der Waals surface area (Å²) >= 11 is 0. The van der Waals surface area contributed by atoms with Gasteiger partial charge in [-0.2, -0.15) is 5.26 Å². The number of nitrogens with two attached hydrogens (primary N) is 1. The van der Waals surface area contributed by atoms with Crippen LogP contribution in [0.25, 0.3) is 0 Å². The number of nitrogens with zero attached hydrogens (tertiary/aromatic N) is 1. The number of hydrogen-bond acceptors (Lipinski definition) is 3. The average molecular weight is 265 g/mol. The predicted octanol–water partition coefficient (Wildman–Crippen LogP) is 3.88. The molecule has 102 valence electrons. The van der Waals surface area contributed by atoms with Gasteiger partial charge in [0.15, 0.2) is 0 Å². The lowest BCUT2D eigenvalue weighted by molar-refractivity contribution is 0.865. The van der Waals surface area contributed by atoms with E-state index < -0.39 is 0 Å². The van der Waals surface area contributed by atoms with Crippen LogP contribution < -0.4 is 11.1 Å². The number of nitriles is 1. The van der Waals surface area contributed by atoms with Gasteiger partial charge in [0.1, 0.15) is 6.07 Å². The zero-order chi connectivity index (χ0) is 14.5. The zero-order valence-corrected chi connectivity index (χ0v) is 11.9. The molecule has 3 nitrogen and oxygen atoms in total. The van der Waals surface area contributed by atoms with Crippen LogP contribution in [-0.2, 0) is 6.54 Å². The lowest BCUT2D eigenvalue weighted by Crippen LogP contribution is -2.04. The van der Waals surface area contributed by atoms with E-state index in [0.29, 0.717) is 23.7 Å². The maximum Gasteiger partial charge on any atom is 0.101 e. The van der Waals surface area contributed by atoms with Crippen molar-refractivity contribution < 1.29 is 0 Å². The van der Waals surface area contributed by atoms with Crippen molar-refractivity contribution in [2.24, 2.45) is 0 Å². The van der Waals surface area contributed by atoms with E-state index in [-0.39, 0.29) is 0 Å². The highest BCUT2D eigenvalue weighted by atomic mass is 14.9. The molecule has 2 aromatic carbocycles. The Labute approximate surface area is 120 Å². The number of hydrogen-bond donors (Lipinski definition) is 2. The Kier molecular flexibility index (Phi) is 4.27. The van der Waals surface area contributed by atoms with Gasteiger partial charge in [0.2, 0.25) is 0 Å². The molecule has 0 aliphatic heterocycles. The smallest absolute Gasteiger partial charge is 0.101 e. The molecule has 2 aromatic rings. The third-order valence-corrected chi connectivity index (χ3v) is 3.36. The molecule has 0 fully saturated rings. The van der Waals surface area contributed by atoms with Crippen LogP contribution in [-0.4, -0.2) is 0 Å². The van der Waals surface area contributed by atoms with Gasteiger partial charge in [0.25, 0.3) is 0 Å². The second-order valence-corrected chi connectivity index (χ2v) is 5.13. The van der Waals surface area contributed by atoms with Crippen molar-refractivity contribution in [3.05, 3.63) is 59.2 Å². The predicted molar refractivity (Wildman–Crippen MR) is 83.4 cm³/mol. The van der Waals surface area contributed by atoms with Gasteiger partial charge in [0, 0.05) is 6.54 Å². The first-order chi connectivity index (χ1) is 9.61. The highest BCUT2D eigenvalue weighted by Gasteiger charge is 2.04.